The molecule has 0 aliphatic carbocycles. The number of nitrogens with zero attached hydrogens (tertiary/aromatic N) is 6. The molecule has 1 saturated heterocycles. The molecule has 11 heteroatoms. The maximum Gasteiger partial charge on any atom is 0.416 e. The van der Waals surface area contributed by atoms with E-state index in [-0.39, 0.29) is 18.3 Å². The third kappa shape index (κ3) is 4.81. The van der Waals surface area contributed by atoms with Crippen molar-refractivity contribution < 1.29 is 22.4 Å². The number of anilines is 1. The van der Waals surface area contributed by atoms with Crippen LogP contribution in [0.3, 0.4) is 0 Å². The Balaban J connectivity index is 1.35. The third-order valence-corrected chi connectivity index (χ3v) is 4.98. The SMILES string of the molecule is O=C(Cn1nnc(-c2cccc(F)c2)n1)N1CCN(c2cccc(C(F)(F)F)c2)CC1. The van der Waals surface area contributed by atoms with Crippen molar-refractivity contribution in [2.75, 3.05) is 31.1 Å². The minimum atomic E-state index is -4.40. The van der Waals surface area contributed by atoms with Gasteiger partial charge in [-0.2, -0.15) is 18.0 Å². The van der Waals surface area contributed by atoms with Crippen LogP contribution >= 0.6 is 0 Å². The van der Waals surface area contributed by atoms with Crippen LogP contribution in [0, 0.1) is 5.82 Å². The Morgan fingerprint density at radius 3 is 2.45 bits per heavy atom. The van der Waals surface area contributed by atoms with Crippen LogP contribution in [0.5, 0.6) is 0 Å². The smallest absolute Gasteiger partial charge is 0.368 e. The number of amides is 1. The van der Waals surface area contributed by atoms with E-state index in [1.807, 2.05) is 4.90 Å². The number of tetrazole rings is 1. The van der Waals surface area contributed by atoms with Gasteiger partial charge in [-0.15, -0.1) is 10.2 Å². The molecule has 0 unspecified atom stereocenters. The number of halogens is 4. The molecule has 3 aromatic rings. The number of aromatic nitrogens is 4. The second-order valence-corrected chi connectivity index (χ2v) is 7.07. The topological polar surface area (TPSA) is 67.2 Å². The molecule has 0 radical (unpaired) electrons. The maximum absolute atomic E-state index is 13.3. The number of benzene rings is 2. The van der Waals surface area contributed by atoms with E-state index >= 15 is 0 Å². The minimum absolute atomic E-state index is 0.133. The zero-order valence-corrected chi connectivity index (χ0v) is 16.3. The highest BCUT2D eigenvalue weighted by Gasteiger charge is 2.31. The lowest BCUT2D eigenvalue weighted by molar-refractivity contribution is -0.137. The van der Waals surface area contributed by atoms with Crippen LogP contribution in [0.2, 0.25) is 0 Å². The number of hydrogen-bond donors (Lipinski definition) is 0. The number of carbonyl (C=O) groups excluding carboxylic acids is 1. The second-order valence-electron chi connectivity index (χ2n) is 7.07. The first-order chi connectivity index (χ1) is 14.8. The summed E-state index contributed by atoms with van der Waals surface area (Å²) in [7, 11) is 0. The van der Waals surface area contributed by atoms with Gasteiger partial charge < -0.3 is 9.80 Å². The highest BCUT2D eigenvalue weighted by Crippen LogP contribution is 2.31. The quantitative estimate of drug-likeness (QED) is 0.591. The summed E-state index contributed by atoms with van der Waals surface area (Å²) in [6, 6.07) is 10.9. The van der Waals surface area contributed by atoms with Crippen LogP contribution in [0.4, 0.5) is 23.2 Å². The molecular formula is C20H18F4N6O. The molecule has 1 aliphatic rings. The van der Waals surface area contributed by atoms with E-state index in [4.69, 9.17) is 0 Å². The molecule has 1 amide bonds. The molecule has 7 nitrogen and oxygen atoms in total. The molecular weight excluding hydrogens is 416 g/mol. The fraction of sp³-hybridized carbons (Fsp3) is 0.300. The Hall–Kier alpha value is -3.50. The fourth-order valence-electron chi connectivity index (χ4n) is 3.37. The molecule has 0 saturated carbocycles. The first-order valence-electron chi connectivity index (χ1n) is 9.53. The van der Waals surface area contributed by atoms with Crippen molar-refractivity contribution in [3.05, 3.63) is 59.9 Å². The average molecular weight is 434 g/mol. The van der Waals surface area contributed by atoms with E-state index in [0.29, 0.717) is 37.4 Å². The van der Waals surface area contributed by atoms with Crippen molar-refractivity contribution in [3.8, 4) is 11.4 Å². The number of piperazine rings is 1. The van der Waals surface area contributed by atoms with Gasteiger partial charge >= 0.3 is 6.18 Å². The van der Waals surface area contributed by atoms with Crippen LogP contribution in [0.15, 0.2) is 48.5 Å². The lowest BCUT2D eigenvalue weighted by atomic mass is 10.1. The molecule has 31 heavy (non-hydrogen) atoms. The monoisotopic (exact) mass is 434 g/mol. The molecule has 0 spiro atoms. The zero-order chi connectivity index (χ0) is 22.0. The van der Waals surface area contributed by atoms with Crippen LogP contribution in [0.25, 0.3) is 11.4 Å². The Morgan fingerprint density at radius 1 is 1.00 bits per heavy atom. The molecule has 162 valence electrons. The van der Waals surface area contributed by atoms with Gasteiger partial charge in [0.05, 0.1) is 5.56 Å². The molecule has 0 atom stereocenters. The van der Waals surface area contributed by atoms with Gasteiger partial charge in [-0.25, -0.2) is 4.39 Å². The van der Waals surface area contributed by atoms with E-state index in [1.165, 1.54) is 24.3 Å². The van der Waals surface area contributed by atoms with Crippen molar-refractivity contribution in [3.63, 3.8) is 0 Å². The van der Waals surface area contributed by atoms with Crippen molar-refractivity contribution >= 4 is 11.6 Å². The zero-order valence-electron chi connectivity index (χ0n) is 16.3. The van der Waals surface area contributed by atoms with Crippen molar-refractivity contribution in [2.24, 2.45) is 0 Å². The lowest BCUT2D eigenvalue weighted by Gasteiger charge is -2.36. The average Bonchev–Trinajstić information content (AvgIpc) is 3.22. The Morgan fingerprint density at radius 2 is 1.74 bits per heavy atom. The summed E-state index contributed by atoms with van der Waals surface area (Å²) >= 11 is 0. The number of hydrogen-bond acceptors (Lipinski definition) is 5. The molecule has 2 aromatic carbocycles. The summed E-state index contributed by atoms with van der Waals surface area (Å²) in [5, 5.41) is 11.8. The van der Waals surface area contributed by atoms with Crippen LogP contribution in [0.1, 0.15) is 5.56 Å². The predicted molar refractivity (Wildman–Crippen MR) is 103 cm³/mol. The van der Waals surface area contributed by atoms with Gasteiger partial charge in [-0.3, -0.25) is 4.79 Å². The standard InChI is InChI=1S/C20H18F4N6O/c21-16-5-1-3-14(11-16)19-25-27-30(26-19)13-18(31)29-9-7-28(8-10-29)17-6-2-4-15(12-17)20(22,23)24/h1-6,11-12H,7-10,13H2. The van der Waals surface area contributed by atoms with Gasteiger partial charge in [0, 0.05) is 37.4 Å². The van der Waals surface area contributed by atoms with Gasteiger partial charge in [0.2, 0.25) is 11.7 Å². The van der Waals surface area contributed by atoms with Crippen LogP contribution in [-0.2, 0) is 17.5 Å². The van der Waals surface area contributed by atoms with Crippen molar-refractivity contribution in [1.82, 2.24) is 25.1 Å². The molecule has 1 aromatic heterocycles. The normalized spacial score (nSPS) is 14.7. The first-order valence-corrected chi connectivity index (χ1v) is 9.53. The van der Waals surface area contributed by atoms with Gasteiger partial charge in [0.15, 0.2) is 0 Å². The Kier molecular flexibility index (Phi) is 5.57. The second kappa shape index (κ2) is 8.32. The minimum Gasteiger partial charge on any atom is -0.368 e. The third-order valence-electron chi connectivity index (χ3n) is 4.98. The van der Waals surface area contributed by atoms with E-state index < -0.39 is 17.6 Å². The van der Waals surface area contributed by atoms with E-state index in [1.54, 1.807) is 17.0 Å². The van der Waals surface area contributed by atoms with E-state index in [2.05, 4.69) is 15.4 Å². The maximum atomic E-state index is 13.3. The number of carbonyl (C=O) groups is 1. The highest BCUT2D eigenvalue weighted by molar-refractivity contribution is 5.76. The largest absolute Gasteiger partial charge is 0.416 e. The van der Waals surface area contributed by atoms with Gasteiger partial charge in [0.25, 0.3) is 0 Å². The summed E-state index contributed by atoms with van der Waals surface area (Å²) in [5.74, 6) is -0.447. The lowest BCUT2D eigenvalue weighted by Crippen LogP contribution is -2.49. The summed E-state index contributed by atoms with van der Waals surface area (Å²) in [6.07, 6.45) is -4.40. The molecule has 0 bridgehead atoms. The number of alkyl halides is 3. The van der Waals surface area contributed by atoms with Gasteiger partial charge in [0.1, 0.15) is 12.4 Å². The summed E-state index contributed by atoms with van der Waals surface area (Å²) < 4.78 is 52.1. The summed E-state index contributed by atoms with van der Waals surface area (Å²) in [6.45, 7) is 1.41. The molecule has 4 rings (SSSR count). The van der Waals surface area contributed by atoms with E-state index in [9.17, 15) is 22.4 Å². The molecule has 1 aliphatic heterocycles. The van der Waals surface area contributed by atoms with E-state index in [0.717, 1.165) is 16.9 Å². The predicted octanol–water partition coefficient (Wildman–Crippen LogP) is 2.85. The van der Waals surface area contributed by atoms with Crippen LogP contribution < -0.4 is 4.90 Å². The Bertz CT molecular complexity index is 1080. The van der Waals surface area contributed by atoms with Crippen molar-refractivity contribution in [1.29, 1.82) is 0 Å². The molecule has 2 heterocycles. The van der Waals surface area contributed by atoms with Crippen molar-refractivity contribution in [2.45, 2.75) is 12.7 Å². The molecule has 1 fully saturated rings. The van der Waals surface area contributed by atoms with Crippen LogP contribution in [-0.4, -0.2) is 57.2 Å². The molecule has 0 N–H and O–H groups in total. The number of rotatable bonds is 4. The van der Waals surface area contributed by atoms with Gasteiger partial charge in [-0.1, -0.05) is 18.2 Å². The first kappa shape index (κ1) is 20.8. The fourth-order valence-corrected chi connectivity index (χ4v) is 3.37. The highest BCUT2D eigenvalue weighted by atomic mass is 19.4. The summed E-state index contributed by atoms with van der Waals surface area (Å²) in [5.41, 5.74) is 0.225. The summed E-state index contributed by atoms with van der Waals surface area (Å²) in [4.78, 5) is 17.1. The Labute approximate surface area is 174 Å². The van der Waals surface area contributed by atoms with Gasteiger partial charge in [-0.05, 0) is 35.5 Å².